The highest BCUT2D eigenvalue weighted by molar-refractivity contribution is 5.20. The molecule has 1 aromatic carbocycles. The lowest BCUT2D eigenvalue weighted by Gasteiger charge is -2.20. The standard InChI is InChI=1S/C14H16F3N3/c1-10-12(9-19-20-10)8-18-13(7-14(15,16)17)11-5-3-2-4-6-11/h2-6,9,13,18H,7-8H2,1H3,(H,19,20). The van der Waals surface area contributed by atoms with E-state index in [4.69, 9.17) is 0 Å². The molecule has 0 bridgehead atoms. The molecule has 0 fully saturated rings. The number of hydrogen-bond acceptors (Lipinski definition) is 2. The summed E-state index contributed by atoms with van der Waals surface area (Å²) in [6, 6.07) is 7.91. The van der Waals surface area contributed by atoms with Crippen molar-refractivity contribution >= 4 is 0 Å². The van der Waals surface area contributed by atoms with Crippen molar-refractivity contribution in [2.75, 3.05) is 0 Å². The van der Waals surface area contributed by atoms with Gasteiger partial charge in [0.1, 0.15) is 0 Å². The van der Waals surface area contributed by atoms with Gasteiger partial charge >= 0.3 is 6.18 Å². The van der Waals surface area contributed by atoms with Crippen LogP contribution in [0.4, 0.5) is 13.2 Å². The number of rotatable bonds is 5. The molecule has 2 rings (SSSR count). The molecule has 0 saturated carbocycles. The molecule has 0 spiro atoms. The maximum absolute atomic E-state index is 12.7. The average Bonchev–Trinajstić information content (AvgIpc) is 2.80. The summed E-state index contributed by atoms with van der Waals surface area (Å²) in [5.41, 5.74) is 2.36. The molecule has 0 aliphatic heterocycles. The summed E-state index contributed by atoms with van der Waals surface area (Å²) in [6.45, 7) is 2.18. The van der Waals surface area contributed by atoms with Crippen molar-refractivity contribution in [1.29, 1.82) is 0 Å². The van der Waals surface area contributed by atoms with Crippen LogP contribution >= 0.6 is 0 Å². The molecule has 1 atom stereocenters. The molecule has 2 N–H and O–H groups in total. The number of alkyl halides is 3. The van der Waals surface area contributed by atoms with Crippen LogP contribution in [-0.4, -0.2) is 16.4 Å². The first-order valence-electron chi connectivity index (χ1n) is 6.29. The number of halogens is 3. The summed E-state index contributed by atoms with van der Waals surface area (Å²) in [7, 11) is 0. The zero-order chi connectivity index (χ0) is 14.6. The Morgan fingerprint density at radius 1 is 1.25 bits per heavy atom. The van der Waals surface area contributed by atoms with E-state index in [-0.39, 0.29) is 0 Å². The Balaban J connectivity index is 2.09. The molecule has 108 valence electrons. The molecule has 2 aromatic rings. The number of aromatic amines is 1. The normalized spacial score (nSPS) is 13.4. The summed E-state index contributed by atoms with van der Waals surface area (Å²) in [6.07, 6.45) is -3.48. The first-order chi connectivity index (χ1) is 9.46. The molecule has 3 nitrogen and oxygen atoms in total. The van der Waals surface area contributed by atoms with Crippen LogP contribution in [0, 0.1) is 6.92 Å². The number of aromatic nitrogens is 2. The second kappa shape index (κ2) is 6.09. The SMILES string of the molecule is Cc1[nH]ncc1CNC(CC(F)(F)F)c1ccccc1. The Kier molecular flexibility index (Phi) is 4.44. The molecule has 0 aliphatic carbocycles. The highest BCUT2D eigenvalue weighted by Crippen LogP contribution is 2.29. The first kappa shape index (κ1) is 14.6. The highest BCUT2D eigenvalue weighted by atomic mass is 19.4. The van der Waals surface area contributed by atoms with Gasteiger partial charge in [0.2, 0.25) is 0 Å². The Labute approximate surface area is 115 Å². The van der Waals surface area contributed by atoms with Crippen LogP contribution in [0.15, 0.2) is 36.5 Å². The quantitative estimate of drug-likeness (QED) is 0.881. The summed E-state index contributed by atoms with van der Waals surface area (Å²) in [4.78, 5) is 0. The minimum atomic E-state index is -4.21. The lowest BCUT2D eigenvalue weighted by Crippen LogP contribution is -2.26. The van der Waals surface area contributed by atoms with E-state index in [1.165, 1.54) is 0 Å². The van der Waals surface area contributed by atoms with Crippen molar-refractivity contribution in [3.63, 3.8) is 0 Å². The molecule has 0 amide bonds. The summed E-state index contributed by atoms with van der Waals surface area (Å²) < 4.78 is 38.0. The lowest BCUT2D eigenvalue weighted by molar-refractivity contribution is -0.140. The zero-order valence-corrected chi connectivity index (χ0v) is 11.0. The molecular formula is C14H16F3N3. The Bertz CT molecular complexity index is 534. The van der Waals surface area contributed by atoms with Gasteiger partial charge in [0, 0.05) is 23.8 Å². The fraction of sp³-hybridized carbons (Fsp3) is 0.357. The molecular weight excluding hydrogens is 267 g/mol. The predicted molar refractivity (Wildman–Crippen MR) is 70.0 cm³/mol. The molecule has 0 radical (unpaired) electrons. The van der Waals surface area contributed by atoms with Crippen molar-refractivity contribution in [3.8, 4) is 0 Å². The largest absolute Gasteiger partial charge is 0.390 e. The van der Waals surface area contributed by atoms with E-state index in [2.05, 4.69) is 15.5 Å². The van der Waals surface area contributed by atoms with Gasteiger partial charge < -0.3 is 5.32 Å². The van der Waals surface area contributed by atoms with E-state index in [1.807, 2.05) is 6.92 Å². The fourth-order valence-electron chi connectivity index (χ4n) is 2.01. The van der Waals surface area contributed by atoms with Crippen LogP contribution in [0.3, 0.4) is 0 Å². The second-order valence-corrected chi connectivity index (χ2v) is 4.68. The van der Waals surface area contributed by atoms with Crippen molar-refractivity contribution in [2.45, 2.75) is 32.1 Å². The van der Waals surface area contributed by atoms with E-state index >= 15 is 0 Å². The molecule has 6 heteroatoms. The molecule has 0 aliphatic rings. The molecule has 20 heavy (non-hydrogen) atoms. The number of nitrogens with zero attached hydrogens (tertiary/aromatic N) is 1. The van der Waals surface area contributed by atoms with E-state index in [9.17, 15) is 13.2 Å². The third kappa shape index (κ3) is 4.09. The average molecular weight is 283 g/mol. The predicted octanol–water partition coefficient (Wildman–Crippen LogP) is 3.50. The van der Waals surface area contributed by atoms with E-state index in [0.717, 1.165) is 11.3 Å². The van der Waals surface area contributed by atoms with Gasteiger partial charge in [0.15, 0.2) is 0 Å². The third-order valence-electron chi connectivity index (χ3n) is 3.11. The maximum Gasteiger partial charge on any atom is 0.390 e. The number of H-pyrrole nitrogens is 1. The topological polar surface area (TPSA) is 40.7 Å². The summed E-state index contributed by atoms with van der Waals surface area (Å²) >= 11 is 0. The van der Waals surface area contributed by atoms with E-state index in [0.29, 0.717) is 12.1 Å². The Morgan fingerprint density at radius 2 is 1.95 bits per heavy atom. The van der Waals surface area contributed by atoms with Crippen LogP contribution < -0.4 is 5.32 Å². The monoisotopic (exact) mass is 283 g/mol. The van der Waals surface area contributed by atoms with Gasteiger partial charge in [0.05, 0.1) is 12.6 Å². The van der Waals surface area contributed by atoms with Crippen LogP contribution in [0.1, 0.15) is 29.3 Å². The molecule has 1 aromatic heterocycles. The van der Waals surface area contributed by atoms with Crippen LogP contribution in [0.2, 0.25) is 0 Å². The van der Waals surface area contributed by atoms with Crippen molar-refractivity contribution in [1.82, 2.24) is 15.5 Å². The minimum Gasteiger partial charge on any atom is -0.305 e. The van der Waals surface area contributed by atoms with Gasteiger partial charge in [-0.1, -0.05) is 30.3 Å². The Hall–Kier alpha value is -1.82. The fourth-order valence-corrected chi connectivity index (χ4v) is 2.01. The second-order valence-electron chi connectivity index (χ2n) is 4.68. The van der Waals surface area contributed by atoms with Gasteiger partial charge in [-0.15, -0.1) is 0 Å². The maximum atomic E-state index is 12.7. The summed E-state index contributed by atoms with van der Waals surface area (Å²) in [5, 5.41) is 9.58. The third-order valence-corrected chi connectivity index (χ3v) is 3.11. The number of aryl methyl sites for hydroxylation is 1. The molecule has 1 heterocycles. The number of hydrogen-bond donors (Lipinski definition) is 2. The van der Waals surface area contributed by atoms with E-state index in [1.54, 1.807) is 36.5 Å². The highest BCUT2D eigenvalue weighted by Gasteiger charge is 2.32. The van der Waals surface area contributed by atoms with Gasteiger partial charge in [-0.05, 0) is 12.5 Å². The first-order valence-corrected chi connectivity index (χ1v) is 6.29. The summed E-state index contributed by atoms with van der Waals surface area (Å²) in [5.74, 6) is 0. The van der Waals surface area contributed by atoms with E-state index < -0.39 is 18.6 Å². The molecule has 0 saturated heterocycles. The van der Waals surface area contributed by atoms with Gasteiger partial charge in [-0.3, -0.25) is 5.10 Å². The lowest BCUT2D eigenvalue weighted by atomic mass is 10.0. The zero-order valence-electron chi connectivity index (χ0n) is 11.0. The van der Waals surface area contributed by atoms with Gasteiger partial charge in [-0.25, -0.2) is 0 Å². The number of nitrogens with one attached hydrogen (secondary N) is 2. The van der Waals surface area contributed by atoms with Crippen LogP contribution in [-0.2, 0) is 6.54 Å². The van der Waals surface area contributed by atoms with Gasteiger partial charge in [-0.2, -0.15) is 18.3 Å². The van der Waals surface area contributed by atoms with Crippen molar-refractivity contribution in [2.24, 2.45) is 0 Å². The number of benzene rings is 1. The van der Waals surface area contributed by atoms with Crippen LogP contribution in [0.5, 0.6) is 0 Å². The molecule has 1 unspecified atom stereocenters. The minimum absolute atomic E-state index is 0.345. The van der Waals surface area contributed by atoms with Gasteiger partial charge in [0.25, 0.3) is 0 Å². The smallest absolute Gasteiger partial charge is 0.305 e. The Morgan fingerprint density at radius 3 is 2.50 bits per heavy atom. The van der Waals surface area contributed by atoms with Crippen molar-refractivity contribution < 1.29 is 13.2 Å². The van der Waals surface area contributed by atoms with Crippen molar-refractivity contribution in [3.05, 3.63) is 53.3 Å². The van der Waals surface area contributed by atoms with Crippen LogP contribution in [0.25, 0.3) is 0 Å².